The largest absolute Gasteiger partial charge is 0.416 e. The number of halogens is 3. The first-order valence-corrected chi connectivity index (χ1v) is 10.6. The maximum atomic E-state index is 13.0. The molecule has 1 N–H and O–H groups in total. The molecule has 10 heteroatoms. The van der Waals surface area contributed by atoms with Crippen LogP contribution in [-0.2, 0) is 12.7 Å². The molecule has 0 aliphatic carbocycles. The molecule has 2 aromatic heterocycles. The summed E-state index contributed by atoms with van der Waals surface area (Å²) in [5.41, 5.74) is 1.14. The van der Waals surface area contributed by atoms with Gasteiger partial charge < -0.3 is 4.90 Å². The molecule has 0 radical (unpaired) electrons. The predicted molar refractivity (Wildman–Crippen MR) is 118 cm³/mol. The molecule has 7 nitrogen and oxygen atoms in total. The minimum Gasteiger partial charge on any atom is -0.369 e. The van der Waals surface area contributed by atoms with Crippen LogP contribution in [0.4, 0.5) is 18.9 Å². The van der Waals surface area contributed by atoms with Gasteiger partial charge in [-0.3, -0.25) is 14.8 Å². The van der Waals surface area contributed by atoms with Crippen LogP contribution in [0.3, 0.4) is 0 Å². The van der Waals surface area contributed by atoms with Crippen LogP contribution in [0, 0.1) is 0 Å². The molecule has 0 spiro atoms. The van der Waals surface area contributed by atoms with Gasteiger partial charge in [-0.2, -0.15) is 22.7 Å². The quantitative estimate of drug-likeness (QED) is 0.512. The molecule has 3 heterocycles. The van der Waals surface area contributed by atoms with E-state index in [0.717, 1.165) is 11.6 Å². The zero-order chi connectivity index (χ0) is 23.0. The van der Waals surface area contributed by atoms with Gasteiger partial charge in [0.25, 0.3) is 11.3 Å². The molecule has 0 amide bonds. The number of anilines is 1. The lowest BCUT2D eigenvalue weighted by atomic mass is 10.1. The standard InChI is InChI=1S/C23H21F3N6O/c24-23(25,26)17-7-4-8-19(13-17)31-11-9-30(10-12-31)15-18-14-20(33)32-22(27-18)28-21(29-32)16-5-2-1-3-6-16/h1-8,13-14H,9-12,15H2,(H,27,28,29). The van der Waals surface area contributed by atoms with Crippen molar-refractivity contribution in [1.82, 2.24) is 24.5 Å². The number of rotatable bonds is 4. The average Bonchev–Trinajstić information content (AvgIpc) is 3.25. The zero-order valence-electron chi connectivity index (χ0n) is 17.6. The van der Waals surface area contributed by atoms with Gasteiger partial charge in [0.15, 0.2) is 5.82 Å². The Hall–Kier alpha value is -3.66. The third kappa shape index (κ3) is 4.47. The molecule has 5 rings (SSSR count). The second kappa shape index (κ2) is 8.36. The Morgan fingerprint density at radius 1 is 0.909 bits per heavy atom. The zero-order valence-corrected chi connectivity index (χ0v) is 17.6. The lowest BCUT2D eigenvalue weighted by Crippen LogP contribution is -2.46. The molecular weight excluding hydrogens is 433 g/mol. The van der Waals surface area contributed by atoms with Gasteiger partial charge in [0.1, 0.15) is 0 Å². The fourth-order valence-corrected chi connectivity index (χ4v) is 4.01. The van der Waals surface area contributed by atoms with Crippen molar-refractivity contribution in [2.45, 2.75) is 12.7 Å². The van der Waals surface area contributed by atoms with E-state index in [1.54, 1.807) is 6.07 Å². The van der Waals surface area contributed by atoms with E-state index >= 15 is 0 Å². The number of nitrogens with one attached hydrogen (secondary N) is 1. The van der Waals surface area contributed by atoms with E-state index in [4.69, 9.17) is 0 Å². The molecule has 2 aromatic carbocycles. The Morgan fingerprint density at radius 2 is 1.67 bits per heavy atom. The van der Waals surface area contributed by atoms with Crippen molar-refractivity contribution >= 4 is 11.5 Å². The van der Waals surface area contributed by atoms with Crippen molar-refractivity contribution in [3.63, 3.8) is 0 Å². The highest BCUT2D eigenvalue weighted by Crippen LogP contribution is 2.32. The van der Waals surface area contributed by atoms with Crippen LogP contribution in [0.5, 0.6) is 0 Å². The maximum Gasteiger partial charge on any atom is 0.416 e. The van der Waals surface area contributed by atoms with Gasteiger partial charge in [0.05, 0.1) is 11.3 Å². The molecule has 0 atom stereocenters. The van der Waals surface area contributed by atoms with Gasteiger partial charge in [0, 0.05) is 50.0 Å². The summed E-state index contributed by atoms with van der Waals surface area (Å²) < 4.78 is 40.4. The van der Waals surface area contributed by atoms with Crippen molar-refractivity contribution in [2.24, 2.45) is 0 Å². The van der Waals surface area contributed by atoms with E-state index in [2.05, 4.69) is 20.0 Å². The number of H-pyrrole nitrogens is 1. The van der Waals surface area contributed by atoms with Crippen LogP contribution in [0.1, 0.15) is 11.3 Å². The number of aromatic nitrogens is 4. The van der Waals surface area contributed by atoms with Crippen LogP contribution in [-0.4, -0.2) is 50.7 Å². The molecule has 33 heavy (non-hydrogen) atoms. The lowest BCUT2D eigenvalue weighted by molar-refractivity contribution is -0.137. The normalized spacial score (nSPS) is 15.3. The fraction of sp³-hybridized carbons (Fsp3) is 0.261. The summed E-state index contributed by atoms with van der Waals surface area (Å²) >= 11 is 0. The number of hydrogen-bond acceptors (Lipinski definition) is 5. The summed E-state index contributed by atoms with van der Waals surface area (Å²) in [5.74, 6) is 0.867. The number of nitrogens with zero attached hydrogens (tertiary/aromatic N) is 5. The molecule has 4 aromatic rings. The smallest absolute Gasteiger partial charge is 0.369 e. The summed E-state index contributed by atoms with van der Waals surface area (Å²) in [4.78, 5) is 25.6. The van der Waals surface area contributed by atoms with Crippen LogP contribution in [0.15, 0.2) is 65.5 Å². The number of alkyl halides is 3. The summed E-state index contributed by atoms with van der Waals surface area (Å²) in [6.07, 6.45) is -4.36. The Kier molecular flexibility index (Phi) is 5.37. The summed E-state index contributed by atoms with van der Waals surface area (Å²) in [6, 6.07) is 16.4. The first-order valence-electron chi connectivity index (χ1n) is 10.6. The average molecular weight is 454 g/mol. The first-order chi connectivity index (χ1) is 15.9. The van der Waals surface area contributed by atoms with Crippen molar-refractivity contribution in [3.05, 3.63) is 82.3 Å². The van der Waals surface area contributed by atoms with Gasteiger partial charge in [-0.05, 0) is 18.2 Å². The summed E-state index contributed by atoms with van der Waals surface area (Å²) in [5, 5.41) is 2.98. The molecule has 0 unspecified atom stereocenters. The Bertz CT molecular complexity index is 1320. The van der Waals surface area contributed by atoms with Crippen molar-refractivity contribution in [1.29, 1.82) is 0 Å². The highest BCUT2D eigenvalue weighted by molar-refractivity contribution is 5.56. The van der Waals surface area contributed by atoms with Crippen LogP contribution in [0.2, 0.25) is 0 Å². The van der Waals surface area contributed by atoms with Gasteiger partial charge in [0.2, 0.25) is 0 Å². The third-order valence-corrected chi connectivity index (χ3v) is 5.73. The van der Waals surface area contributed by atoms with Gasteiger partial charge in [-0.1, -0.05) is 36.4 Å². The van der Waals surface area contributed by atoms with Crippen molar-refractivity contribution in [2.75, 3.05) is 31.1 Å². The van der Waals surface area contributed by atoms with E-state index in [9.17, 15) is 18.0 Å². The van der Waals surface area contributed by atoms with Crippen LogP contribution >= 0.6 is 0 Å². The first kappa shape index (κ1) is 21.2. The van der Waals surface area contributed by atoms with Gasteiger partial charge >= 0.3 is 6.18 Å². The molecule has 0 bridgehead atoms. The summed E-state index contributed by atoms with van der Waals surface area (Å²) in [7, 11) is 0. The number of piperazine rings is 1. The topological polar surface area (TPSA) is 69.5 Å². The van der Waals surface area contributed by atoms with E-state index in [-0.39, 0.29) is 5.56 Å². The maximum absolute atomic E-state index is 13.0. The molecule has 1 fully saturated rings. The summed E-state index contributed by atoms with van der Waals surface area (Å²) in [6.45, 7) is 2.93. The number of hydrogen-bond donors (Lipinski definition) is 1. The highest BCUT2D eigenvalue weighted by Gasteiger charge is 2.31. The SMILES string of the molecule is O=c1cc(CN2CCN(c3cccc(C(F)(F)F)c3)CC2)nc2nc(-c3ccccc3)[nH]n12. The van der Waals surface area contributed by atoms with Gasteiger partial charge in [-0.15, -0.1) is 0 Å². The number of benzene rings is 2. The second-order valence-corrected chi connectivity index (χ2v) is 7.97. The molecule has 170 valence electrons. The molecular formula is C23H21F3N6O. The fourth-order valence-electron chi connectivity index (χ4n) is 4.01. The predicted octanol–water partition coefficient (Wildman–Crippen LogP) is 3.43. The van der Waals surface area contributed by atoms with Crippen LogP contribution < -0.4 is 10.5 Å². The molecule has 0 saturated carbocycles. The second-order valence-electron chi connectivity index (χ2n) is 7.97. The Labute approximate surface area is 187 Å². The monoisotopic (exact) mass is 454 g/mol. The Balaban J connectivity index is 1.28. The highest BCUT2D eigenvalue weighted by atomic mass is 19.4. The third-order valence-electron chi connectivity index (χ3n) is 5.73. The molecule has 1 aliphatic heterocycles. The van der Waals surface area contributed by atoms with Crippen molar-refractivity contribution in [3.8, 4) is 11.4 Å². The minimum atomic E-state index is -4.36. The van der Waals surface area contributed by atoms with E-state index < -0.39 is 11.7 Å². The van der Waals surface area contributed by atoms with Gasteiger partial charge in [-0.25, -0.2) is 4.98 Å². The van der Waals surface area contributed by atoms with E-state index in [0.29, 0.717) is 55.7 Å². The van der Waals surface area contributed by atoms with E-state index in [1.807, 2.05) is 35.2 Å². The number of fused-ring (bicyclic) bond motifs is 1. The minimum absolute atomic E-state index is 0.243. The Morgan fingerprint density at radius 3 is 2.39 bits per heavy atom. The van der Waals surface area contributed by atoms with E-state index in [1.165, 1.54) is 22.7 Å². The van der Waals surface area contributed by atoms with Crippen LogP contribution in [0.25, 0.3) is 17.2 Å². The number of aromatic amines is 1. The molecule has 1 aliphatic rings. The molecule has 1 saturated heterocycles. The lowest BCUT2D eigenvalue weighted by Gasteiger charge is -2.36. The van der Waals surface area contributed by atoms with Crippen molar-refractivity contribution < 1.29 is 13.2 Å².